The van der Waals surface area contributed by atoms with Crippen LogP contribution in [0.2, 0.25) is 0 Å². The van der Waals surface area contributed by atoms with Gasteiger partial charge in [-0.15, -0.1) is 0 Å². The maximum atomic E-state index is 9.83. The molecule has 0 aliphatic carbocycles. The highest BCUT2D eigenvalue weighted by molar-refractivity contribution is 5.37. The normalized spacial score (nSPS) is 12.6. The average Bonchev–Trinajstić information content (AvgIpc) is 2.78. The third-order valence-corrected chi connectivity index (χ3v) is 2.63. The van der Waals surface area contributed by atoms with E-state index in [0.29, 0.717) is 18.1 Å². The number of hydrogen-bond acceptors (Lipinski definition) is 5. The Morgan fingerprint density at radius 2 is 2.29 bits per heavy atom. The molecule has 1 unspecified atom stereocenters. The monoisotopic (exact) mass is 233 g/mol. The van der Waals surface area contributed by atoms with Crippen molar-refractivity contribution >= 4 is 0 Å². The molecular weight excluding hydrogens is 218 g/mol. The number of phenolic OH excluding ortho intramolecular Hbond substituents is 1. The van der Waals surface area contributed by atoms with E-state index in [0.717, 1.165) is 11.1 Å². The first-order chi connectivity index (χ1) is 8.16. The van der Waals surface area contributed by atoms with Crippen LogP contribution in [0, 0.1) is 6.92 Å². The predicted octanol–water partition coefficient (Wildman–Crippen LogP) is 1.93. The van der Waals surface area contributed by atoms with Crippen molar-refractivity contribution in [3.8, 4) is 5.75 Å². The second-order valence-electron chi connectivity index (χ2n) is 4.01. The number of aryl methyl sites for hydroxylation is 1. The number of phenols is 1. The summed E-state index contributed by atoms with van der Waals surface area (Å²) in [6, 6.07) is 5.66. The summed E-state index contributed by atoms with van der Waals surface area (Å²) in [5.74, 6) is 0.904. The topological polar surface area (TPSA) is 71.2 Å². The molecule has 1 aromatic carbocycles. The summed E-state index contributed by atoms with van der Waals surface area (Å²) in [5, 5.41) is 16.8. The summed E-state index contributed by atoms with van der Waals surface area (Å²) in [6.45, 7) is 4.43. The van der Waals surface area contributed by atoms with E-state index >= 15 is 0 Å². The van der Waals surface area contributed by atoms with E-state index in [1.165, 1.54) is 6.39 Å². The molecule has 0 aliphatic rings. The molecule has 2 N–H and O–H groups in total. The lowest BCUT2D eigenvalue weighted by Gasteiger charge is -2.14. The number of hydrogen-bond donors (Lipinski definition) is 2. The van der Waals surface area contributed by atoms with Gasteiger partial charge in [0.05, 0.1) is 6.54 Å². The third-order valence-electron chi connectivity index (χ3n) is 2.63. The van der Waals surface area contributed by atoms with Gasteiger partial charge in [-0.25, -0.2) is 0 Å². The van der Waals surface area contributed by atoms with Crippen molar-refractivity contribution in [2.24, 2.45) is 0 Å². The van der Waals surface area contributed by atoms with Crippen LogP contribution < -0.4 is 5.32 Å². The van der Waals surface area contributed by atoms with E-state index in [1.807, 2.05) is 26.0 Å². The number of rotatable bonds is 4. The SMILES string of the molecule is Cc1ccc(C(C)NCc2ncon2)c(O)c1. The number of nitrogens with one attached hydrogen (secondary N) is 1. The molecule has 17 heavy (non-hydrogen) atoms. The molecule has 0 spiro atoms. The minimum atomic E-state index is 0.0223. The second-order valence-corrected chi connectivity index (χ2v) is 4.01. The molecule has 1 heterocycles. The van der Waals surface area contributed by atoms with Crippen molar-refractivity contribution in [1.82, 2.24) is 15.5 Å². The Bertz CT molecular complexity index is 483. The van der Waals surface area contributed by atoms with Gasteiger partial charge in [0.25, 0.3) is 0 Å². The summed E-state index contributed by atoms with van der Waals surface area (Å²) in [5.41, 5.74) is 1.90. The van der Waals surface area contributed by atoms with Crippen LogP contribution in [0.3, 0.4) is 0 Å². The van der Waals surface area contributed by atoms with Crippen molar-refractivity contribution in [1.29, 1.82) is 0 Å². The van der Waals surface area contributed by atoms with E-state index in [-0.39, 0.29) is 6.04 Å². The highest BCUT2D eigenvalue weighted by atomic mass is 16.5. The van der Waals surface area contributed by atoms with Gasteiger partial charge in [-0.05, 0) is 25.5 Å². The molecule has 0 saturated carbocycles. The highest BCUT2D eigenvalue weighted by Crippen LogP contribution is 2.24. The van der Waals surface area contributed by atoms with E-state index in [2.05, 4.69) is 20.0 Å². The van der Waals surface area contributed by atoms with Gasteiger partial charge in [-0.1, -0.05) is 17.3 Å². The van der Waals surface area contributed by atoms with Gasteiger partial charge < -0.3 is 14.9 Å². The minimum absolute atomic E-state index is 0.0223. The lowest BCUT2D eigenvalue weighted by atomic mass is 10.1. The fourth-order valence-electron chi connectivity index (χ4n) is 1.64. The van der Waals surface area contributed by atoms with Crippen LogP contribution in [0.25, 0.3) is 0 Å². The van der Waals surface area contributed by atoms with E-state index in [9.17, 15) is 5.11 Å². The Hall–Kier alpha value is -1.88. The molecule has 1 atom stereocenters. The van der Waals surface area contributed by atoms with Crippen LogP contribution in [0.15, 0.2) is 29.1 Å². The van der Waals surface area contributed by atoms with Gasteiger partial charge in [0.1, 0.15) is 5.75 Å². The van der Waals surface area contributed by atoms with Crippen molar-refractivity contribution < 1.29 is 9.63 Å². The van der Waals surface area contributed by atoms with E-state index in [4.69, 9.17) is 0 Å². The molecule has 2 aromatic rings. The molecule has 0 amide bonds. The molecule has 5 heteroatoms. The Morgan fingerprint density at radius 1 is 1.47 bits per heavy atom. The van der Waals surface area contributed by atoms with Crippen LogP contribution in [0.5, 0.6) is 5.75 Å². The summed E-state index contributed by atoms with van der Waals surface area (Å²) in [7, 11) is 0. The molecule has 0 radical (unpaired) electrons. The first-order valence-corrected chi connectivity index (χ1v) is 5.45. The molecule has 5 nitrogen and oxygen atoms in total. The van der Waals surface area contributed by atoms with Crippen molar-refractivity contribution in [3.05, 3.63) is 41.5 Å². The van der Waals surface area contributed by atoms with E-state index in [1.54, 1.807) is 6.07 Å². The molecule has 1 aromatic heterocycles. The average molecular weight is 233 g/mol. The van der Waals surface area contributed by atoms with Gasteiger partial charge >= 0.3 is 0 Å². The molecule has 0 bridgehead atoms. The van der Waals surface area contributed by atoms with Gasteiger partial charge in [-0.3, -0.25) is 0 Å². The summed E-state index contributed by atoms with van der Waals surface area (Å²) in [6.07, 6.45) is 1.30. The quantitative estimate of drug-likeness (QED) is 0.844. The summed E-state index contributed by atoms with van der Waals surface area (Å²) in [4.78, 5) is 3.92. The maximum Gasteiger partial charge on any atom is 0.213 e. The zero-order valence-electron chi connectivity index (χ0n) is 9.84. The molecule has 2 rings (SSSR count). The molecular formula is C12H15N3O2. The Balaban J connectivity index is 2.01. The predicted molar refractivity (Wildman–Crippen MR) is 62.4 cm³/mol. The van der Waals surface area contributed by atoms with Gasteiger partial charge in [0.15, 0.2) is 5.82 Å². The maximum absolute atomic E-state index is 9.83. The lowest BCUT2D eigenvalue weighted by Crippen LogP contribution is -2.18. The second kappa shape index (κ2) is 4.97. The van der Waals surface area contributed by atoms with Crippen LogP contribution in [0.1, 0.15) is 29.9 Å². The Morgan fingerprint density at radius 3 is 2.94 bits per heavy atom. The minimum Gasteiger partial charge on any atom is -0.508 e. The van der Waals surface area contributed by atoms with Gasteiger partial charge in [0, 0.05) is 11.6 Å². The van der Waals surface area contributed by atoms with Crippen LogP contribution in [-0.4, -0.2) is 15.2 Å². The number of nitrogens with zero attached hydrogens (tertiary/aromatic N) is 2. The van der Waals surface area contributed by atoms with Gasteiger partial charge in [-0.2, -0.15) is 4.98 Å². The summed E-state index contributed by atoms with van der Waals surface area (Å²) >= 11 is 0. The first-order valence-electron chi connectivity index (χ1n) is 5.45. The third kappa shape index (κ3) is 2.82. The summed E-state index contributed by atoms with van der Waals surface area (Å²) < 4.78 is 4.64. The van der Waals surface area contributed by atoms with Crippen molar-refractivity contribution in [2.75, 3.05) is 0 Å². The largest absolute Gasteiger partial charge is 0.508 e. The van der Waals surface area contributed by atoms with Crippen LogP contribution in [-0.2, 0) is 6.54 Å². The number of benzene rings is 1. The highest BCUT2D eigenvalue weighted by Gasteiger charge is 2.10. The Kier molecular flexibility index (Phi) is 3.39. The molecule has 0 fully saturated rings. The number of aromatic hydroxyl groups is 1. The van der Waals surface area contributed by atoms with E-state index < -0.39 is 0 Å². The first kappa shape index (κ1) is 11.6. The van der Waals surface area contributed by atoms with Crippen molar-refractivity contribution in [3.63, 3.8) is 0 Å². The smallest absolute Gasteiger partial charge is 0.213 e. The van der Waals surface area contributed by atoms with Crippen LogP contribution in [0.4, 0.5) is 0 Å². The zero-order valence-corrected chi connectivity index (χ0v) is 9.84. The molecule has 0 saturated heterocycles. The Labute approximate surface area is 99.5 Å². The lowest BCUT2D eigenvalue weighted by molar-refractivity contribution is 0.403. The van der Waals surface area contributed by atoms with Crippen molar-refractivity contribution in [2.45, 2.75) is 26.4 Å². The zero-order chi connectivity index (χ0) is 12.3. The number of aromatic nitrogens is 2. The van der Waals surface area contributed by atoms with Crippen LogP contribution >= 0.6 is 0 Å². The fourth-order valence-corrected chi connectivity index (χ4v) is 1.64. The molecule has 90 valence electrons. The molecule has 0 aliphatic heterocycles. The van der Waals surface area contributed by atoms with Gasteiger partial charge in [0.2, 0.25) is 6.39 Å². The fraction of sp³-hybridized carbons (Fsp3) is 0.333. The standard InChI is InChI=1S/C12H15N3O2/c1-8-3-4-10(11(16)5-8)9(2)13-6-12-14-7-17-15-12/h3-5,7,9,13,16H,6H2,1-2H3.